The average molecular weight is 535 g/mol. The van der Waals surface area contributed by atoms with Crippen molar-refractivity contribution in [3.63, 3.8) is 0 Å². The van der Waals surface area contributed by atoms with Gasteiger partial charge in [-0.3, -0.25) is 9.89 Å². The predicted molar refractivity (Wildman–Crippen MR) is 154 cm³/mol. The van der Waals surface area contributed by atoms with Crippen molar-refractivity contribution in [2.24, 2.45) is 0 Å². The second-order valence-corrected chi connectivity index (χ2v) is 10.4. The molecule has 7 rings (SSSR count). The van der Waals surface area contributed by atoms with Crippen LogP contribution in [0.4, 0.5) is 4.39 Å². The fraction of sp³-hybridized carbons (Fsp3) is 0.188. The molecule has 0 spiro atoms. The molecule has 5 nitrogen and oxygen atoms in total. The Morgan fingerprint density at radius 1 is 1.00 bits per heavy atom. The smallest absolute Gasteiger partial charge is 0.187 e. The summed E-state index contributed by atoms with van der Waals surface area (Å²) in [6.45, 7) is 0. The molecule has 0 radical (unpaired) electrons. The van der Waals surface area contributed by atoms with E-state index in [1.54, 1.807) is 30.7 Å². The molecule has 4 aromatic rings. The number of rotatable bonds is 3. The summed E-state index contributed by atoms with van der Waals surface area (Å²) >= 11 is 1.47. The van der Waals surface area contributed by atoms with Crippen LogP contribution in [0.15, 0.2) is 90.0 Å². The van der Waals surface area contributed by atoms with Crippen LogP contribution in [0.25, 0.3) is 17.2 Å². The Kier molecular flexibility index (Phi) is 7.07. The lowest BCUT2D eigenvalue weighted by molar-refractivity contribution is 0.0978. The number of fused-ring (bicyclic) bond motifs is 4. The Morgan fingerprint density at radius 3 is 2.59 bits per heavy atom. The fourth-order valence-electron chi connectivity index (χ4n) is 5.65. The number of aromatic amines is 1. The van der Waals surface area contributed by atoms with Gasteiger partial charge in [0.2, 0.25) is 0 Å². The standard InChI is InChI=1S/C29H23FN2OS.C3H4N2/c1-34-29-31-15-14-26(32-29)25-16-24-22-11-8-17-4-2-3-5-20(17)21(22)12-13-23(24)28(33)27(25)18-6-9-19(30)10-7-18;1-2-4-5-3-1/h3,5-7,9-10,12-16,27H,2,4,8,11H2,1H3;1-3H,(H,4,5). The highest BCUT2D eigenvalue weighted by Crippen LogP contribution is 2.45. The van der Waals surface area contributed by atoms with Crippen molar-refractivity contribution in [3.05, 3.63) is 124 Å². The van der Waals surface area contributed by atoms with Gasteiger partial charge in [0.1, 0.15) is 5.82 Å². The summed E-state index contributed by atoms with van der Waals surface area (Å²) in [4.78, 5) is 23.0. The molecule has 0 saturated heterocycles. The quantitative estimate of drug-likeness (QED) is 0.220. The average Bonchev–Trinajstić information content (AvgIpc) is 3.58. The zero-order valence-corrected chi connectivity index (χ0v) is 22.3. The first-order chi connectivity index (χ1) is 19.1. The van der Waals surface area contributed by atoms with E-state index in [0.29, 0.717) is 5.16 Å². The number of hydrogen-bond donors (Lipinski definition) is 1. The van der Waals surface area contributed by atoms with E-state index in [4.69, 9.17) is 4.98 Å². The van der Waals surface area contributed by atoms with Crippen molar-refractivity contribution in [1.82, 2.24) is 20.2 Å². The molecule has 2 aromatic heterocycles. The molecule has 0 bridgehead atoms. The number of hydrogen-bond acceptors (Lipinski definition) is 5. The number of ketones is 1. The molecule has 1 atom stereocenters. The van der Waals surface area contributed by atoms with Crippen LogP contribution in [0.3, 0.4) is 0 Å². The summed E-state index contributed by atoms with van der Waals surface area (Å²) in [5.74, 6) is -0.822. The molecule has 39 heavy (non-hydrogen) atoms. The van der Waals surface area contributed by atoms with Crippen molar-refractivity contribution in [1.29, 1.82) is 0 Å². The molecule has 2 aromatic carbocycles. The van der Waals surface area contributed by atoms with Gasteiger partial charge >= 0.3 is 0 Å². The van der Waals surface area contributed by atoms with Gasteiger partial charge < -0.3 is 0 Å². The monoisotopic (exact) mass is 534 g/mol. The Hall–Kier alpha value is -4.10. The molecule has 1 unspecified atom stereocenters. The Morgan fingerprint density at radius 2 is 1.85 bits per heavy atom. The van der Waals surface area contributed by atoms with E-state index < -0.39 is 5.92 Å². The third-order valence-electron chi connectivity index (χ3n) is 7.46. The second kappa shape index (κ2) is 10.9. The fourth-order valence-corrected chi connectivity index (χ4v) is 6.01. The van der Waals surface area contributed by atoms with Crippen LogP contribution in [0, 0.1) is 5.82 Å². The predicted octanol–water partition coefficient (Wildman–Crippen LogP) is 7.32. The number of carbonyl (C=O) groups is 1. The highest BCUT2D eigenvalue weighted by Gasteiger charge is 2.35. The van der Waals surface area contributed by atoms with Crippen LogP contribution in [-0.2, 0) is 6.42 Å². The third-order valence-corrected chi connectivity index (χ3v) is 8.02. The largest absolute Gasteiger partial charge is 0.293 e. The number of Topliss-reactive ketones (excluding diaryl/α,β-unsaturated/α-hetero) is 1. The lowest BCUT2D eigenvalue weighted by Crippen LogP contribution is -2.22. The van der Waals surface area contributed by atoms with Crippen LogP contribution < -0.4 is 0 Å². The number of H-pyrrole nitrogens is 1. The number of thioether (sulfide) groups is 1. The molecule has 194 valence electrons. The third kappa shape index (κ3) is 4.90. The van der Waals surface area contributed by atoms with Crippen molar-refractivity contribution in [2.75, 3.05) is 6.26 Å². The van der Waals surface area contributed by atoms with Crippen LogP contribution in [-0.4, -0.2) is 32.2 Å². The van der Waals surface area contributed by atoms with Crippen LogP contribution >= 0.6 is 11.8 Å². The van der Waals surface area contributed by atoms with Gasteiger partial charge in [-0.1, -0.05) is 53.8 Å². The summed E-state index contributed by atoms with van der Waals surface area (Å²) in [5, 5.41) is 6.87. The Balaban J connectivity index is 0.000000500. The molecule has 3 aliphatic rings. The zero-order valence-electron chi connectivity index (χ0n) is 21.5. The minimum Gasteiger partial charge on any atom is -0.293 e. The maximum absolute atomic E-state index is 14.0. The maximum atomic E-state index is 14.0. The highest BCUT2D eigenvalue weighted by molar-refractivity contribution is 7.98. The van der Waals surface area contributed by atoms with Gasteiger partial charge in [-0.15, -0.1) is 0 Å². The van der Waals surface area contributed by atoms with Gasteiger partial charge in [0.25, 0.3) is 0 Å². The molecule has 3 aliphatic carbocycles. The van der Waals surface area contributed by atoms with Crippen LogP contribution in [0.2, 0.25) is 0 Å². The van der Waals surface area contributed by atoms with Crippen LogP contribution in [0.1, 0.15) is 63.5 Å². The van der Waals surface area contributed by atoms with Gasteiger partial charge in [-0.2, -0.15) is 5.10 Å². The summed E-state index contributed by atoms with van der Waals surface area (Å²) in [6.07, 6.45) is 18.0. The number of allylic oxidation sites excluding steroid dienone is 5. The van der Waals surface area contributed by atoms with E-state index >= 15 is 0 Å². The molecule has 0 aliphatic heterocycles. The van der Waals surface area contributed by atoms with Gasteiger partial charge in [0.15, 0.2) is 10.9 Å². The lowest BCUT2D eigenvalue weighted by atomic mass is 9.72. The topological polar surface area (TPSA) is 71.5 Å². The molecule has 7 heteroatoms. The van der Waals surface area contributed by atoms with Crippen molar-refractivity contribution < 1.29 is 9.18 Å². The van der Waals surface area contributed by atoms with E-state index in [-0.39, 0.29) is 11.6 Å². The molecule has 0 amide bonds. The molecular weight excluding hydrogens is 507 g/mol. The van der Waals surface area contributed by atoms with Crippen molar-refractivity contribution in [3.8, 4) is 0 Å². The molecule has 2 heterocycles. The number of carbonyl (C=O) groups excluding carboxylic acids is 1. The van der Waals surface area contributed by atoms with Gasteiger partial charge in [0.05, 0.1) is 11.6 Å². The normalized spacial score (nSPS) is 17.4. The Bertz CT molecular complexity index is 1600. The minimum absolute atomic E-state index is 0.0326. The van der Waals surface area contributed by atoms with Crippen LogP contribution in [0.5, 0.6) is 0 Å². The number of nitrogens with one attached hydrogen (secondary N) is 1. The van der Waals surface area contributed by atoms with Gasteiger partial charge in [-0.25, -0.2) is 14.4 Å². The van der Waals surface area contributed by atoms with E-state index in [1.807, 2.05) is 24.5 Å². The summed E-state index contributed by atoms with van der Waals surface area (Å²) in [6, 6.07) is 14.0. The lowest BCUT2D eigenvalue weighted by Gasteiger charge is -2.31. The maximum Gasteiger partial charge on any atom is 0.187 e. The highest BCUT2D eigenvalue weighted by atomic mass is 32.2. The van der Waals surface area contributed by atoms with E-state index in [1.165, 1.54) is 46.2 Å². The summed E-state index contributed by atoms with van der Waals surface area (Å²) < 4.78 is 13.7. The zero-order chi connectivity index (χ0) is 26.8. The first-order valence-electron chi connectivity index (χ1n) is 13.0. The molecule has 0 fully saturated rings. The first-order valence-corrected chi connectivity index (χ1v) is 14.2. The summed E-state index contributed by atoms with van der Waals surface area (Å²) in [7, 11) is 0. The number of nitrogens with zero attached hydrogens (tertiary/aromatic N) is 3. The van der Waals surface area contributed by atoms with Crippen molar-refractivity contribution >= 4 is 34.8 Å². The van der Waals surface area contributed by atoms with Gasteiger partial charge in [-0.05, 0) is 95.7 Å². The molecular formula is C32H27FN4OS. The number of halogens is 1. The Labute approximate surface area is 231 Å². The first kappa shape index (κ1) is 25.2. The molecule has 0 saturated carbocycles. The van der Waals surface area contributed by atoms with E-state index in [9.17, 15) is 9.18 Å². The second-order valence-electron chi connectivity index (χ2n) is 9.65. The van der Waals surface area contributed by atoms with Gasteiger partial charge in [0, 0.05) is 24.2 Å². The van der Waals surface area contributed by atoms with Crippen molar-refractivity contribution in [2.45, 2.75) is 36.8 Å². The van der Waals surface area contributed by atoms with E-state index in [0.717, 1.165) is 53.6 Å². The minimum atomic E-state index is -0.538. The number of benzene rings is 2. The number of aromatic nitrogens is 4. The SMILES string of the molecule is CSc1nccc(C2=Cc3c(ccc4c3CCC3=C4C=CCC3)C(=O)C2c2ccc(F)cc2)n1.c1cn[nH]c1. The van der Waals surface area contributed by atoms with E-state index in [2.05, 4.69) is 39.5 Å². The summed E-state index contributed by atoms with van der Waals surface area (Å²) in [5.41, 5.74) is 9.41. The molecule has 1 N–H and O–H groups in total.